The molecule has 1 aliphatic heterocycles. The van der Waals surface area contributed by atoms with E-state index >= 15 is 0 Å². The summed E-state index contributed by atoms with van der Waals surface area (Å²) in [4.78, 5) is 0. The molecule has 0 radical (unpaired) electrons. The second-order valence-corrected chi connectivity index (χ2v) is 7.01. The van der Waals surface area contributed by atoms with Crippen LogP contribution in [0.3, 0.4) is 0 Å². The number of hydrogen-bond acceptors (Lipinski definition) is 4. The summed E-state index contributed by atoms with van der Waals surface area (Å²) in [6.45, 7) is 6.90. The molecule has 0 spiro atoms. The van der Waals surface area contributed by atoms with Crippen molar-refractivity contribution in [3.05, 3.63) is 84.4 Å². The van der Waals surface area contributed by atoms with Crippen LogP contribution in [0.4, 0.5) is 0 Å². The van der Waals surface area contributed by atoms with E-state index in [-0.39, 0.29) is 12.2 Å². The average molecular weight is 368 g/mol. The molecule has 1 N–H and O–H groups in total. The molecule has 0 aromatic heterocycles. The summed E-state index contributed by atoms with van der Waals surface area (Å²) < 4.78 is 18.1. The molecule has 27 heavy (non-hydrogen) atoms. The molecule has 4 atom stereocenters. The van der Waals surface area contributed by atoms with Crippen molar-refractivity contribution in [2.45, 2.75) is 50.5 Å². The van der Waals surface area contributed by atoms with Gasteiger partial charge in [-0.2, -0.15) is 0 Å². The molecular formula is C23H28O4. The summed E-state index contributed by atoms with van der Waals surface area (Å²) in [6.07, 6.45) is 0.836. The Morgan fingerprint density at radius 1 is 1.04 bits per heavy atom. The second kappa shape index (κ2) is 9.29. The van der Waals surface area contributed by atoms with E-state index < -0.39 is 11.7 Å². The van der Waals surface area contributed by atoms with Gasteiger partial charge in [-0.3, -0.25) is 0 Å². The monoisotopic (exact) mass is 368 g/mol. The molecule has 2 unspecified atom stereocenters. The van der Waals surface area contributed by atoms with Crippen LogP contribution in [0.5, 0.6) is 0 Å². The minimum Gasteiger partial charge on any atom is -0.384 e. The van der Waals surface area contributed by atoms with E-state index in [1.165, 1.54) is 0 Å². The summed E-state index contributed by atoms with van der Waals surface area (Å²) in [5.41, 5.74) is 0.945. The SMILES string of the molecule is C=CC[C@@]1(O)C(C)OCC(OCc2ccccc2)[C@H]1OCc1ccccc1. The molecule has 1 heterocycles. The first-order valence-corrected chi connectivity index (χ1v) is 9.39. The van der Waals surface area contributed by atoms with Gasteiger partial charge in [0.25, 0.3) is 0 Å². The van der Waals surface area contributed by atoms with E-state index in [0.29, 0.717) is 26.2 Å². The number of aliphatic hydroxyl groups is 1. The van der Waals surface area contributed by atoms with E-state index in [1.807, 2.05) is 67.6 Å². The van der Waals surface area contributed by atoms with Gasteiger partial charge in [-0.05, 0) is 24.5 Å². The number of ether oxygens (including phenoxy) is 3. The van der Waals surface area contributed by atoms with Gasteiger partial charge in [-0.15, -0.1) is 6.58 Å². The topological polar surface area (TPSA) is 47.9 Å². The number of hydrogen-bond donors (Lipinski definition) is 1. The van der Waals surface area contributed by atoms with Gasteiger partial charge in [0.1, 0.15) is 17.8 Å². The Kier molecular flexibility index (Phi) is 6.80. The Balaban J connectivity index is 1.75. The molecule has 4 nitrogen and oxygen atoms in total. The molecule has 2 aromatic carbocycles. The molecule has 1 aliphatic rings. The fourth-order valence-corrected chi connectivity index (χ4v) is 3.46. The zero-order chi connectivity index (χ0) is 19.1. The summed E-state index contributed by atoms with van der Waals surface area (Å²) in [5, 5.41) is 11.3. The molecule has 1 saturated heterocycles. The number of benzene rings is 2. The van der Waals surface area contributed by atoms with Crippen molar-refractivity contribution < 1.29 is 19.3 Å². The Labute approximate surface area is 161 Å². The quantitative estimate of drug-likeness (QED) is 0.719. The minimum absolute atomic E-state index is 0.366. The van der Waals surface area contributed by atoms with E-state index in [2.05, 4.69) is 6.58 Å². The van der Waals surface area contributed by atoms with Gasteiger partial charge in [-0.1, -0.05) is 66.7 Å². The first-order valence-electron chi connectivity index (χ1n) is 9.39. The van der Waals surface area contributed by atoms with Crippen LogP contribution in [0, 0.1) is 0 Å². The molecule has 1 fully saturated rings. The molecule has 2 aromatic rings. The molecule has 144 valence electrons. The Hall–Kier alpha value is -1.98. The van der Waals surface area contributed by atoms with Gasteiger partial charge in [0.2, 0.25) is 0 Å². The van der Waals surface area contributed by atoms with Crippen molar-refractivity contribution >= 4 is 0 Å². The molecule has 4 heteroatoms. The van der Waals surface area contributed by atoms with Crippen LogP contribution < -0.4 is 0 Å². The average Bonchev–Trinajstić information content (AvgIpc) is 2.70. The molecule has 0 amide bonds. The normalized spacial score (nSPS) is 28.0. The second-order valence-electron chi connectivity index (χ2n) is 7.01. The zero-order valence-corrected chi connectivity index (χ0v) is 15.8. The Morgan fingerprint density at radius 2 is 1.59 bits per heavy atom. The maximum absolute atomic E-state index is 11.3. The van der Waals surface area contributed by atoms with Crippen molar-refractivity contribution in [1.82, 2.24) is 0 Å². The fraction of sp³-hybridized carbons (Fsp3) is 0.391. The van der Waals surface area contributed by atoms with Gasteiger partial charge in [-0.25, -0.2) is 0 Å². The molecule has 0 bridgehead atoms. The maximum Gasteiger partial charge on any atom is 0.123 e. The lowest BCUT2D eigenvalue weighted by atomic mass is 9.82. The van der Waals surface area contributed by atoms with Crippen molar-refractivity contribution in [1.29, 1.82) is 0 Å². The van der Waals surface area contributed by atoms with Crippen LogP contribution in [0.25, 0.3) is 0 Å². The predicted molar refractivity (Wildman–Crippen MR) is 105 cm³/mol. The van der Waals surface area contributed by atoms with Crippen molar-refractivity contribution in [3.8, 4) is 0 Å². The first kappa shape index (κ1) is 19.8. The lowest BCUT2D eigenvalue weighted by Gasteiger charge is -2.47. The van der Waals surface area contributed by atoms with E-state index in [4.69, 9.17) is 14.2 Å². The third-order valence-electron chi connectivity index (χ3n) is 5.10. The summed E-state index contributed by atoms with van der Waals surface area (Å²) in [7, 11) is 0. The van der Waals surface area contributed by atoms with Crippen LogP contribution in [-0.4, -0.2) is 35.6 Å². The molecule has 3 rings (SSSR count). The highest BCUT2D eigenvalue weighted by Crippen LogP contribution is 2.34. The smallest absolute Gasteiger partial charge is 0.123 e. The summed E-state index contributed by atoms with van der Waals surface area (Å²) >= 11 is 0. The largest absolute Gasteiger partial charge is 0.384 e. The fourth-order valence-electron chi connectivity index (χ4n) is 3.46. The Bertz CT molecular complexity index is 703. The van der Waals surface area contributed by atoms with Gasteiger partial charge in [0, 0.05) is 0 Å². The molecule has 0 aliphatic carbocycles. The highest BCUT2D eigenvalue weighted by molar-refractivity contribution is 5.15. The van der Waals surface area contributed by atoms with Crippen LogP contribution >= 0.6 is 0 Å². The number of rotatable bonds is 8. The standard InChI is InChI=1S/C23H28O4/c1-3-14-23(24)18(2)25-17-21(26-15-19-10-6-4-7-11-19)22(23)27-16-20-12-8-5-9-13-20/h3-13,18,21-22,24H,1,14-17H2,2H3/t18?,21?,22-,23-/m1/s1. The third-order valence-corrected chi connectivity index (χ3v) is 5.10. The maximum atomic E-state index is 11.3. The minimum atomic E-state index is -1.18. The van der Waals surface area contributed by atoms with Gasteiger partial charge >= 0.3 is 0 Å². The van der Waals surface area contributed by atoms with Gasteiger partial charge in [0.15, 0.2) is 0 Å². The molecular weight excluding hydrogens is 340 g/mol. The third kappa shape index (κ3) is 4.85. The van der Waals surface area contributed by atoms with Crippen molar-refractivity contribution in [2.24, 2.45) is 0 Å². The van der Waals surface area contributed by atoms with E-state index in [1.54, 1.807) is 6.08 Å². The summed E-state index contributed by atoms with van der Waals surface area (Å²) in [6, 6.07) is 19.9. The highest BCUT2D eigenvalue weighted by atomic mass is 16.6. The zero-order valence-electron chi connectivity index (χ0n) is 15.8. The van der Waals surface area contributed by atoms with Crippen LogP contribution in [0.1, 0.15) is 24.5 Å². The molecule has 0 saturated carbocycles. The highest BCUT2D eigenvalue weighted by Gasteiger charge is 2.50. The van der Waals surface area contributed by atoms with Gasteiger partial charge < -0.3 is 19.3 Å². The lowest BCUT2D eigenvalue weighted by molar-refractivity contribution is -0.264. The Morgan fingerprint density at radius 3 is 2.15 bits per heavy atom. The van der Waals surface area contributed by atoms with Crippen LogP contribution in [0.2, 0.25) is 0 Å². The van der Waals surface area contributed by atoms with Crippen LogP contribution in [-0.2, 0) is 27.4 Å². The van der Waals surface area contributed by atoms with E-state index in [9.17, 15) is 5.11 Å². The van der Waals surface area contributed by atoms with E-state index in [0.717, 1.165) is 11.1 Å². The first-order chi connectivity index (χ1) is 13.1. The lowest BCUT2D eigenvalue weighted by Crippen LogP contribution is -2.63. The van der Waals surface area contributed by atoms with Crippen molar-refractivity contribution in [2.75, 3.05) is 6.61 Å². The van der Waals surface area contributed by atoms with Crippen molar-refractivity contribution in [3.63, 3.8) is 0 Å². The summed E-state index contributed by atoms with van der Waals surface area (Å²) in [5.74, 6) is 0. The predicted octanol–water partition coefficient (Wildman–Crippen LogP) is 3.88. The van der Waals surface area contributed by atoms with Gasteiger partial charge in [0.05, 0.1) is 25.9 Å². The van der Waals surface area contributed by atoms with Crippen LogP contribution in [0.15, 0.2) is 73.3 Å².